The van der Waals surface area contributed by atoms with Gasteiger partial charge in [0.15, 0.2) is 12.4 Å². The van der Waals surface area contributed by atoms with Gasteiger partial charge in [-0.25, -0.2) is 0 Å². The van der Waals surface area contributed by atoms with Crippen LogP contribution in [0, 0.1) is 0 Å². The molecule has 0 fully saturated rings. The third-order valence-electron chi connectivity index (χ3n) is 3.50. The van der Waals surface area contributed by atoms with Gasteiger partial charge in [0.2, 0.25) is 5.78 Å². The van der Waals surface area contributed by atoms with E-state index >= 15 is 0 Å². The van der Waals surface area contributed by atoms with Crippen molar-refractivity contribution in [3.05, 3.63) is 57.8 Å². The fourth-order valence-corrected chi connectivity index (χ4v) is 2.75. The number of carbonyl (C=O) groups is 2. The Kier molecular flexibility index (Phi) is 4.76. The van der Waals surface area contributed by atoms with E-state index in [2.05, 4.69) is 15.9 Å². The van der Waals surface area contributed by atoms with Gasteiger partial charge in [0, 0.05) is 16.1 Å². The fraction of sp³-hybridized carbons (Fsp3) is 0.111. The van der Waals surface area contributed by atoms with Crippen molar-refractivity contribution in [2.24, 2.45) is 5.73 Å². The van der Waals surface area contributed by atoms with Gasteiger partial charge in [0.05, 0.1) is 12.7 Å². The maximum atomic E-state index is 12.5. The van der Waals surface area contributed by atoms with E-state index in [0.29, 0.717) is 28.4 Å². The summed E-state index contributed by atoms with van der Waals surface area (Å²) in [6.07, 6.45) is 1.62. The van der Waals surface area contributed by atoms with Crippen LogP contribution in [0.1, 0.15) is 15.9 Å². The predicted octanol–water partition coefficient (Wildman–Crippen LogP) is 2.94. The highest BCUT2D eigenvalue weighted by molar-refractivity contribution is 9.10. The van der Waals surface area contributed by atoms with E-state index in [1.165, 1.54) is 0 Å². The quantitative estimate of drug-likeness (QED) is 0.775. The number of nitrogens with two attached hydrogens (primary N) is 1. The average molecular weight is 404 g/mol. The number of hydrogen-bond acceptors (Lipinski definition) is 5. The van der Waals surface area contributed by atoms with Gasteiger partial charge in [-0.1, -0.05) is 15.9 Å². The summed E-state index contributed by atoms with van der Waals surface area (Å²) in [4.78, 5) is 23.3. The number of fused-ring (bicyclic) bond motifs is 1. The SMILES string of the molecule is COc1ccc(Br)cc1/C=C1\Oc2cc(OCC(N)=O)ccc2C1=O. The number of methoxy groups -OCH3 is 1. The van der Waals surface area contributed by atoms with Crippen molar-refractivity contribution in [1.82, 2.24) is 0 Å². The van der Waals surface area contributed by atoms with E-state index < -0.39 is 5.91 Å². The maximum absolute atomic E-state index is 12.5. The zero-order chi connectivity index (χ0) is 18.0. The predicted molar refractivity (Wildman–Crippen MR) is 94.8 cm³/mol. The molecule has 0 saturated carbocycles. The second-order valence-corrected chi connectivity index (χ2v) is 6.15. The number of Topliss-reactive ketones (excluding diaryl/α,β-unsaturated/α-hetero) is 1. The zero-order valence-electron chi connectivity index (χ0n) is 13.2. The highest BCUT2D eigenvalue weighted by atomic mass is 79.9. The van der Waals surface area contributed by atoms with Gasteiger partial charge in [-0.2, -0.15) is 0 Å². The molecule has 1 aliphatic rings. The smallest absolute Gasteiger partial charge is 0.255 e. The zero-order valence-corrected chi connectivity index (χ0v) is 14.8. The summed E-state index contributed by atoms with van der Waals surface area (Å²) in [6, 6.07) is 10.2. The Labute approximate surface area is 152 Å². The van der Waals surface area contributed by atoms with Crippen LogP contribution in [0.25, 0.3) is 6.08 Å². The monoisotopic (exact) mass is 403 g/mol. The Bertz CT molecular complexity index is 891. The lowest BCUT2D eigenvalue weighted by Crippen LogP contribution is -2.19. The molecule has 0 bridgehead atoms. The van der Waals surface area contributed by atoms with Gasteiger partial charge in [-0.05, 0) is 36.4 Å². The van der Waals surface area contributed by atoms with Gasteiger partial charge >= 0.3 is 0 Å². The summed E-state index contributed by atoms with van der Waals surface area (Å²) in [7, 11) is 1.56. The minimum atomic E-state index is -0.583. The molecule has 2 N–H and O–H groups in total. The summed E-state index contributed by atoms with van der Waals surface area (Å²) in [5.41, 5.74) is 6.18. The van der Waals surface area contributed by atoms with Crippen molar-refractivity contribution in [3.63, 3.8) is 0 Å². The van der Waals surface area contributed by atoms with Crippen LogP contribution in [0.3, 0.4) is 0 Å². The lowest BCUT2D eigenvalue weighted by atomic mass is 10.1. The van der Waals surface area contributed by atoms with E-state index in [-0.39, 0.29) is 18.1 Å². The highest BCUT2D eigenvalue weighted by Gasteiger charge is 2.28. The summed E-state index contributed by atoms with van der Waals surface area (Å²) in [5.74, 6) is 0.740. The first-order valence-corrected chi connectivity index (χ1v) is 8.10. The number of carbonyl (C=O) groups excluding carboxylic acids is 2. The molecular weight excluding hydrogens is 390 g/mol. The minimum absolute atomic E-state index is 0.179. The lowest BCUT2D eigenvalue weighted by Gasteiger charge is -2.06. The number of halogens is 1. The Morgan fingerprint density at radius 1 is 1.28 bits per heavy atom. The summed E-state index contributed by atoms with van der Waals surface area (Å²) >= 11 is 3.39. The standard InChI is InChI=1S/C18H14BrNO5/c1-23-14-5-2-11(19)6-10(14)7-16-18(22)13-4-3-12(8-15(13)25-16)24-9-17(20)21/h2-8H,9H2,1H3,(H2,20,21)/b16-7-. The minimum Gasteiger partial charge on any atom is -0.496 e. The van der Waals surface area contributed by atoms with E-state index in [1.807, 2.05) is 12.1 Å². The van der Waals surface area contributed by atoms with Crippen molar-refractivity contribution in [2.45, 2.75) is 0 Å². The number of ether oxygens (including phenoxy) is 3. The molecule has 1 aliphatic heterocycles. The number of allylic oxidation sites excluding steroid dienone is 1. The van der Waals surface area contributed by atoms with Crippen molar-refractivity contribution < 1.29 is 23.8 Å². The van der Waals surface area contributed by atoms with Crippen molar-refractivity contribution >= 4 is 33.7 Å². The molecule has 0 aromatic heterocycles. The van der Waals surface area contributed by atoms with Crippen molar-refractivity contribution in [1.29, 1.82) is 0 Å². The van der Waals surface area contributed by atoms with Crippen LogP contribution in [0.2, 0.25) is 0 Å². The number of rotatable bonds is 5. The fourth-order valence-electron chi connectivity index (χ4n) is 2.37. The van der Waals surface area contributed by atoms with Crippen LogP contribution in [0.5, 0.6) is 17.2 Å². The van der Waals surface area contributed by atoms with E-state index in [4.69, 9.17) is 19.9 Å². The molecule has 2 aromatic carbocycles. The molecule has 0 atom stereocenters. The van der Waals surface area contributed by atoms with E-state index in [9.17, 15) is 9.59 Å². The third kappa shape index (κ3) is 3.66. The molecule has 0 radical (unpaired) electrons. The Balaban J connectivity index is 1.90. The third-order valence-corrected chi connectivity index (χ3v) is 3.99. The highest BCUT2D eigenvalue weighted by Crippen LogP contribution is 2.36. The Morgan fingerprint density at radius 2 is 2.08 bits per heavy atom. The van der Waals surface area contributed by atoms with Crippen LogP contribution in [-0.4, -0.2) is 25.4 Å². The Hall–Kier alpha value is -2.80. The molecule has 1 heterocycles. The molecule has 0 aliphatic carbocycles. The first-order valence-electron chi connectivity index (χ1n) is 7.31. The number of benzene rings is 2. The topological polar surface area (TPSA) is 87.8 Å². The maximum Gasteiger partial charge on any atom is 0.255 e. The molecule has 0 saturated heterocycles. The van der Waals surface area contributed by atoms with Crippen LogP contribution >= 0.6 is 15.9 Å². The molecule has 3 rings (SSSR count). The van der Waals surface area contributed by atoms with E-state index in [0.717, 1.165) is 4.47 Å². The van der Waals surface area contributed by atoms with E-state index in [1.54, 1.807) is 37.5 Å². The molecule has 1 amide bonds. The van der Waals surface area contributed by atoms with Crippen molar-refractivity contribution in [3.8, 4) is 17.2 Å². The normalized spacial score (nSPS) is 14.2. The molecule has 0 unspecified atom stereocenters. The van der Waals surface area contributed by atoms with Crippen LogP contribution in [-0.2, 0) is 4.79 Å². The molecular formula is C18H14BrNO5. The summed E-state index contributed by atoms with van der Waals surface area (Å²) in [6.45, 7) is -0.245. The molecule has 128 valence electrons. The van der Waals surface area contributed by atoms with Gasteiger partial charge in [0.25, 0.3) is 5.91 Å². The first-order chi connectivity index (χ1) is 12.0. The molecule has 7 heteroatoms. The molecule has 6 nitrogen and oxygen atoms in total. The van der Waals surface area contributed by atoms with Crippen LogP contribution in [0.15, 0.2) is 46.6 Å². The average Bonchev–Trinajstić information content (AvgIpc) is 2.89. The number of ketones is 1. The van der Waals surface area contributed by atoms with Crippen LogP contribution < -0.4 is 19.9 Å². The Morgan fingerprint density at radius 3 is 2.80 bits per heavy atom. The second-order valence-electron chi connectivity index (χ2n) is 5.24. The second kappa shape index (κ2) is 6.98. The van der Waals surface area contributed by atoms with Gasteiger partial charge < -0.3 is 19.9 Å². The first kappa shape index (κ1) is 17.0. The molecule has 25 heavy (non-hydrogen) atoms. The number of primary amides is 1. The lowest BCUT2D eigenvalue weighted by molar-refractivity contribution is -0.119. The van der Waals surface area contributed by atoms with Gasteiger partial charge in [-0.3, -0.25) is 9.59 Å². The molecule has 0 spiro atoms. The van der Waals surface area contributed by atoms with Crippen LogP contribution in [0.4, 0.5) is 0 Å². The number of amides is 1. The summed E-state index contributed by atoms with van der Waals surface area (Å²) < 4.78 is 17.0. The van der Waals surface area contributed by atoms with Gasteiger partial charge in [-0.15, -0.1) is 0 Å². The summed E-state index contributed by atoms with van der Waals surface area (Å²) in [5, 5.41) is 0. The largest absolute Gasteiger partial charge is 0.496 e. The van der Waals surface area contributed by atoms with Crippen molar-refractivity contribution in [2.75, 3.05) is 13.7 Å². The number of hydrogen-bond donors (Lipinski definition) is 1. The molecule has 2 aromatic rings. The van der Waals surface area contributed by atoms with Gasteiger partial charge in [0.1, 0.15) is 17.2 Å².